The first-order valence-electron chi connectivity index (χ1n) is 4.20. The zero-order valence-corrected chi connectivity index (χ0v) is 7.30. The number of nitriles is 1. The highest BCUT2D eigenvalue weighted by Gasteiger charge is 2.46. The third-order valence-electron chi connectivity index (χ3n) is 2.41. The van der Waals surface area contributed by atoms with Gasteiger partial charge in [-0.05, 0) is 18.9 Å². The van der Waals surface area contributed by atoms with Crippen LogP contribution < -0.4 is 0 Å². The molecule has 1 aromatic heterocycles. The van der Waals surface area contributed by atoms with E-state index in [0.29, 0.717) is 5.69 Å². The highest BCUT2D eigenvalue weighted by atomic mass is 16.6. The van der Waals surface area contributed by atoms with Crippen LogP contribution in [0.1, 0.15) is 18.5 Å². The van der Waals surface area contributed by atoms with E-state index in [1.807, 2.05) is 0 Å². The lowest BCUT2D eigenvalue weighted by Gasteiger charge is -2.02. The Bertz CT molecular complexity index is 415. The topological polar surface area (TPSA) is 79.8 Å². The van der Waals surface area contributed by atoms with Crippen molar-refractivity contribution in [3.63, 3.8) is 0 Å². The summed E-state index contributed by atoms with van der Waals surface area (Å²) in [6.45, 7) is 0. The van der Waals surface area contributed by atoms with Gasteiger partial charge in [0.2, 0.25) is 0 Å². The van der Waals surface area contributed by atoms with Gasteiger partial charge in [0.15, 0.2) is 0 Å². The maximum Gasteiger partial charge on any atom is 0.287 e. The Morgan fingerprint density at radius 2 is 2.29 bits per heavy atom. The Morgan fingerprint density at radius 1 is 1.57 bits per heavy atom. The molecule has 0 bridgehead atoms. The quantitative estimate of drug-likeness (QED) is 0.522. The second-order valence-corrected chi connectivity index (χ2v) is 3.35. The van der Waals surface area contributed by atoms with E-state index in [4.69, 9.17) is 5.26 Å². The lowest BCUT2D eigenvalue weighted by molar-refractivity contribution is -0.385. The summed E-state index contributed by atoms with van der Waals surface area (Å²) in [4.78, 5) is 13.8. The number of rotatable bonds is 2. The van der Waals surface area contributed by atoms with Crippen LogP contribution in [0.25, 0.3) is 0 Å². The molecule has 5 nitrogen and oxygen atoms in total. The van der Waals surface area contributed by atoms with Crippen LogP contribution in [0.15, 0.2) is 18.3 Å². The van der Waals surface area contributed by atoms with E-state index in [1.54, 1.807) is 6.07 Å². The van der Waals surface area contributed by atoms with Crippen LogP contribution >= 0.6 is 0 Å². The van der Waals surface area contributed by atoms with Gasteiger partial charge in [-0.15, -0.1) is 0 Å². The van der Waals surface area contributed by atoms with Crippen molar-refractivity contribution in [2.75, 3.05) is 0 Å². The first-order chi connectivity index (χ1) is 6.68. The normalized spacial score (nSPS) is 17.1. The van der Waals surface area contributed by atoms with Gasteiger partial charge >= 0.3 is 0 Å². The molecule has 0 N–H and O–H groups in total. The second kappa shape index (κ2) is 2.77. The molecule has 1 saturated carbocycles. The molecule has 2 rings (SSSR count). The highest BCUT2D eigenvalue weighted by Crippen LogP contribution is 2.46. The molecule has 0 radical (unpaired) electrons. The van der Waals surface area contributed by atoms with E-state index in [0.717, 1.165) is 12.8 Å². The molecule has 1 aromatic rings. The molecule has 1 fully saturated rings. The van der Waals surface area contributed by atoms with Crippen LogP contribution in [-0.4, -0.2) is 9.91 Å². The highest BCUT2D eigenvalue weighted by molar-refractivity contribution is 5.37. The molecule has 14 heavy (non-hydrogen) atoms. The average molecular weight is 189 g/mol. The molecule has 0 amide bonds. The van der Waals surface area contributed by atoms with Crippen LogP contribution in [0.5, 0.6) is 0 Å². The summed E-state index contributed by atoms with van der Waals surface area (Å²) < 4.78 is 0. The second-order valence-electron chi connectivity index (χ2n) is 3.35. The third kappa shape index (κ3) is 1.21. The molecule has 1 aliphatic carbocycles. The Hall–Kier alpha value is -1.96. The summed E-state index contributed by atoms with van der Waals surface area (Å²) >= 11 is 0. The van der Waals surface area contributed by atoms with E-state index < -0.39 is 10.3 Å². The zero-order valence-electron chi connectivity index (χ0n) is 7.30. The molecule has 5 heteroatoms. The van der Waals surface area contributed by atoms with Crippen molar-refractivity contribution in [1.82, 2.24) is 4.98 Å². The van der Waals surface area contributed by atoms with E-state index in [9.17, 15) is 10.1 Å². The number of nitro groups is 1. The smallest absolute Gasteiger partial charge is 0.258 e. The van der Waals surface area contributed by atoms with E-state index >= 15 is 0 Å². The van der Waals surface area contributed by atoms with E-state index in [-0.39, 0.29) is 5.69 Å². The molecule has 0 saturated heterocycles. The van der Waals surface area contributed by atoms with E-state index in [2.05, 4.69) is 11.1 Å². The first kappa shape index (κ1) is 8.63. The van der Waals surface area contributed by atoms with Gasteiger partial charge < -0.3 is 0 Å². The molecule has 0 unspecified atom stereocenters. The van der Waals surface area contributed by atoms with Crippen LogP contribution in [0.2, 0.25) is 0 Å². The first-order valence-corrected chi connectivity index (χ1v) is 4.20. The van der Waals surface area contributed by atoms with Crippen molar-refractivity contribution in [2.45, 2.75) is 18.3 Å². The number of hydrogen-bond acceptors (Lipinski definition) is 4. The fraction of sp³-hybridized carbons (Fsp3) is 0.333. The molecule has 1 aliphatic rings. The van der Waals surface area contributed by atoms with Crippen molar-refractivity contribution in [2.24, 2.45) is 0 Å². The number of aromatic nitrogens is 1. The maximum absolute atomic E-state index is 10.3. The van der Waals surface area contributed by atoms with Crippen LogP contribution in [0.3, 0.4) is 0 Å². The van der Waals surface area contributed by atoms with Gasteiger partial charge in [0.25, 0.3) is 5.69 Å². The molecule has 0 spiro atoms. The van der Waals surface area contributed by atoms with Gasteiger partial charge in [0, 0.05) is 6.07 Å². The molecular weight excluding hydrogens is 182 g/mol. The molecule has 1 heterocycles. The van der Waals surface area contributed by atoms with Crippen molar-refractivity contribution in [3.05, 3.63) is 34.1 Å². The number of pyridine rings is 1. The van der Waals surface area contributed by atoms with Crippen LogP contribution in [-0.2, 0) is 5.41 Å². The van der Waals surface area contributed by atoms with Crippen molar-refractivity contribution in [1.29, 1.82) is 5.26 Å². The Morgan fingerprint density at radius 3 is 2.64 bits per heavy atom. The minimum atomic E-state index is -0.497. The Labute approximate surface area is 80.2 Å². The van der Waals surface area contributed by atoms with Gasteiger partial charge in [-0.25, -0.2) is 0 Å². The number of nitrogens with zero attached hydrogens (tertiary/aromatic N) is 3. The fourth-order valence-electron chi connectivity index (χ4n) is 1.33. The monoisotopic (exact) mass is 189 g/mol. The SMILES string of the molecule is N#CC1(c2ccc([N+](=O)[O-])cn2)CC1. The summed E-state index contributed by atoms with van der Waals surface area (Å²) in [6, 6.07) is 5.14. The Balaban J connectivity index is 2.32. The summed E-state index contributed by atoms with van der Waals surface area (Å²) in [5.41, 5.74) is 0.142. The molecule has 0 aromatic carbocycles. The lowest BCUT2D eigenvalue weighted by atomic mass is 10.0. The van der Waals surface area contributed by atoms with Gasteiger partial charge in [-0.3, -0.25) is 15.1 Å². The minimum absolute atomic E-state index is 0.0394. The van der Waals surface area contributed by atoms with Crippen molar-refractivity contribution < 1.29 is 4.92 Å². The predicted molar refractivity (Wildman–Crippen MR) is 47.4 cm³/mol. The predicted octanol–water partition coefficient (Wildman–Crippen LogP) is 1.54. The van der Waals surface area contributed by atoms with Gasteiger partial charge in [-0.2, -0.15) is 5.26 Å². The largest absolute Gasteiger partial charge is 0.287 e. The van der Waals surface area contributed by atoms with Gasteiger partial charge in [0.05, 0.1) is 22.1 Å². The minimum Gasteiger partial charge on any atom is -0.258 e. The van der Waals surface area contributed by atoms with Crippen LogP contribution in [0.4, 0.5) is 5.69 Å². The maximum atomic E-state index is 10.3. The summed E-state index contributed by atoms with van der Waals surface area (Å²) in [5, 5.41) is 19.2. The summed E-state index contributed by atoms with van der Waals surface area (Å²) in [7, 11) is 0. The van der Waals surface area contributed by atoms with Gasteiger partial charge in [-0.1, -0.05) is 0 Å². The average Bonchev–Trinajstić information content (AvgIpc) is 2.99. The standard InChI is InChI=1S/C9H7N3O2/c10-6-9(3-4-9)8-2-1-7(5-11-8)12(13)14/h1-2,5H,3-4H2. The van der Waals surface area contributed by atoms with Crippen LogP contribution in [0, 0.1) is 21.4 Å². The van der Waals surface area contributed by atoms with Gasteiger partial charge in [0.1, 0.15) is 6.20 Å². The summed E-state index contributed by atoms with van der Waals surface area (Å²) in [6.07, 6.45) is 2.80. The third-order valence-corrected chi connectivity index (χ3v) is 2.41. The fourth-order valence-corrected chi connectivity index (χ4v) is 1.33. The molecular formula is C9H7N3O2. The molecule has 0 aliphatic heterocycles. The molecule has 0 atom stereocenters. The Kier molecular flexibility index (Phi) is 1.71. The zero-order chi connectivity index (χ0) is 10.2. The number of hydrogen-bond donors (Lipinski definition) is 0. The van der Waals surface area contributed by atoms with Crippen molar-refractivity contribution in [3.8, 4) is 6.07 Å². The molecule has 70 valence electrons. The lowest BCUT2D eigenvalue weighted by Crippen LogP contribution is -2.05. The van der Waals surface area contributed by atoms with E-state index in [1.165, 1.54) is 12.3 Å². The van der Waals surface area contributed by atoms with Crippen molar-refractivity contribution >= 4 is 5.69 Å². The summed E-state index contributed by atoms with van der Waals surface area (Å²) in [5.74, 6) is 0.